The van der Waals surface area contributed by atoms with Crippen LogP contribution in [-0.2, 0) is 16.1 Å². The molecule has 0 saturated carbocycles. The van der Waals surface area contributed by atoms with E-state index in [2.05, 4.69) is 10.5 Å². The van der Waals surface area contributed by atoms with E-state index in [0.29, 0.717) is 28.3 Å². The van der Waals surface area contributed by atoms with E-state index in [4.69, 9.17) is 4.52 Å². The molecule has 2 aromatic carbocycles. The van der Waals surface area contributed by atoms with Crippen molar-refractivity contribution in [2.24, 2.45) is 0 Å². The Kier molecular flexibility index (Phi) is 4.41. The van der Waals surface area contributed by atoms with Gasteiger partial charge < -0.3 is 19.8 Å². The molecule has 0 aliphatic carbocycles. The number of aromatic hydroxyl groups is 1. The molecule has 2 heterocycles. The third-order valence-corrected chi connectivity index (χ3v) is 4.36. The molecule has 2 amide bonds. The molecule has 7 nitrogen and oxygen atoms in total. The van der Waals surface area contributed by atoms with E-state index < -0.39 is 5.91 Å². The Morgan fingerprint density at radius 2 is 1.96 bits per heavy atom. The molecule has 0 fully saturated rings. The maximum atomic E-state index is 13.0. The molecule has 0 saturated heterocycles. The van der Waals surface area contributed by atoms with Gasteiger partial charge in [0.25, 0.3) is 5.91 Å². The lowest BCUT2D eigenvalue weighted by molar-refractivity contribution is -0.114. The van der Waals surface area contributed by atoms with Gasteiger partial charge in [-0.25, -0.2) is 0 Å². The monoisotopic (exact) mass is 375 g/mol. The summed E-state index contributed by atoms with van der Waals surface area (Å²) in [6.07, 6.45) is 1.29. The fraction of sp³-hybridized carbons (Fsp3) is 0.0952. The van der Waals surface area contributed by atoms with Crippen LogP contribution in [0.5, 0.6) is 5.75 Å². The summed E-state index contributed by atoms with van der Waals surface area (Å²) in [5.74, 6) is -0.0395. The Morgan fingerprint density at radius 3 is 2.68 bits per heavy atom. The molecule has 7 heteroatoms. The average molecular weight is 375 g/mol. The molecule has 1 aromatic heterocycles. The fourth-order valence-corrected chi connectivity index (χ4v) is 3.10. The number of para-hydroxylation sites is 1. The van der Waals surface area contributed by atoms with E-state index in [0.717, 1.165) is 5.69 Å². The molecule has 2 N–H and O–H groups in total. The molecule has 3 aromatic rings. The number of amides is 2. The van der Waals surface area contributed by atoms with Crippen molar-refractivity contribution in [2.45, 2.75) is 13.5 Å². The highest BCUT2D eigenvalue weighted by Crippen LogP contribution is 2.37. The predicted molar refractivity (Wildman–Crippen MR) is 104 cm³/mol. The second-order valence-electron chi connectivity index (χ2n) is 6.44. The van der Waals surface area contributed by atoms with E-state index in [1.165, 1.54) is 18.2 Å². The van der Waals surface area contributed by atoms with Crippen LogP contribution in [0.15, 0.2) is 65.2 Å². The van der Waals surface area contributed by atoms with Crippen LogP contribution in [0.1, 0.15) is 17.0 Å². The summed E-state index contributed by atoms with van der Waals surface area (Å²) in [4.78, 5) is 27.0. The first-order valence-corrected chi connectivity index (χ1v) is 8.66. The van der Waals surface area contributed by atoms with Crippen molar-refractivity contribution < 1.29 is 19.2 Å². The fourth-order valence-electron chi connectivity index (χ4n) is 3.10. The van der Waals surface area contributed by atoms with Crippen LogP contribution in [0.25, 0.3) is 5.57 Å². The summed E-state index contributed by atoms with van der Waals surface area (Å²) in [5, 5.41) is 15.9. The zero-order valence-corrected chi connectivity index (χ0v) is 15.0. The van der Waals surface area contributed by atoms with Crippen LogP contribution < -0.4 is 10.2 Å². The Labute approximate surface area is 160 Å². The smallest absolute Gasteiger partial charge is 0.259 e. The molecule has 1 aliphatic heterocycles. The number of aromatic nitrogens is 1. The summed E-state index contributed by atoms with van der Waals surface area (Å²) in [5.41, 5.74) is 2.96. The number of phenols is 1. The number of hydrogen-bond acceptors (Lipinski definition) is 5. The number of nitrogens with one attached hydrogen (secondary N) is 1. The van der Waals surface area contributed by atoms with Crippen LogP contribution in [0.3, 0.4) is 0 Å². The summed E-state index contributed by atoms with van der Waals surface area (Å²) in [6.45, 7) is 2.04. The maximum absolute atomic E-state index is 13.0. The van der Waals surface area contributed by atoms with Gasteiger partial charge in [0, 0.05) is 23.4 Å². The third-order valence-electron chi connectivity index (χ3n) is 4.36. The molecule has 28 heavy (non-hydrogen) atoms. The van der Waals surface area contributed by atoms with Crippen LogP contribution >= 0.6 is 0 Å². The first kappa shape index (κ1) is 17.5. The van der Waals surface area contributed by atoms with Gasteiger partial charge in [0.2, 0.25) is 5.91 Å². The summed E-state index contributed by atoms with van der Waals surface area (Å²) >= 11 is 0. The number of phenolic OH excluding ortho intramolecular Hbond substituents is 1. The van der Waals surface area contributed by atoms with Crippen molar-refractivity contribution >= 4 is 28.8 Å². The van der Waals surface area contributed by atoms with Crippen LogP contribution in [-0.4, -0.2) is 22.1 Å². The summed E-state index contributed by atoms with van der Waals surface area (Å²) in [6, 6.07) is 15.2. The minimum absolute atomic E-state index is 0.106. The molecule has 0 spiro atoms. The lowest BCUT2D eigenvalue weighted by Crippen LogP contribution is -2.25. The van der Waals surface area contributed by atoms with Gasteiger partial charge in [-0.15, -0.1) is 0 Å². The Balaban J connectivity index is 1.61. The van der Waals surface area contributed by atoms with Gasteiger partial charge in [-0.2, -0.15) is 0 Å². The molecule has 0 radical (unpaired) electrons. The van der Waals surface area contributed by atoms with Crippen molar-refractivity contribution in [1.82, 2.24) is 5.16 Å². The van der Waals surface area contributed by atoms with Gasteiger partial charge in [0.15, 0.2) is 5.76 Å². The van der Waals surface area contributed by atoms with Gasteiger partial charge in [-0.3, -0.25) is 9.59 Å². The maximum Gasteiger partial charge on any atom is 0.259 e. The second kappa shape index (κ2) is 7.03. The molecule has 0 unspecified atom stereocenters. The van der Waals surface area contributed by atoms with Gasteiger partial charge in [0.05, 0.1) is 23.5 Å². The SMILES string of the molecule is Cc1cc(CN2C(=O)/C(=C/C(=O)Nc3ccc(O)cc3)c3ccccc32)on1. The van der Waals surface area contributed by atoms with Gasteiger partial charge in [-0.1, -0.05) is 23.4 Å². The minimum atomic E-state index is -0.429. The highest BCUT2D eigenvalue weighted by molar-refractivity contribution is 6.35. The molecule has 0 bridgehead atoms. The molecular weight excluding hydrogens is 358 g/mol. The first-order chi connectivity index (χ1) is 13.5. The minimum Gasteiger partial charge on any atom is -0.508 e. The van der Waals surface area contributed by atoms with Gasteiger partial charge >= 0.3 is 0 Å². The van der Waals surface area contributed by atoms with Gasteiger partial charge in [-0.05, 0) is 37.3 Å². The van der Waals surface area contributed by atoms with E-state index in [9.17, 15) is 14.7 Å². The summed E-state index contributed by atoms with van der Waals surface area (Å²) < 4.78 is 5.23. The van der Waals surface area contributed by atoms with E-state index in [-0.39, 0.29) is 18.2 Å². The third kappa shape index (κ3) is 3.37. The Hall–Kier alpha value is -3.87. The van der Waals surface area contributed by atoms with E-state index in [1.54, 1.807) is 29.2 Å². The highest BCUT2D eigenvalue weighted by atomic mass is 16.5. The standard InChI is InChI=1S/C21H17N3O4/c1-13-10-16(28-23-13)12-24-19-5-3-2-4-17(19)18(21(24)27)11-20(26)22-14-6-8-15(25)9-7-14/h2-11,25H,12H2,1H3,(H,22,26)/b18-11+. The lowest BCUT2D eigenvalue weighted by atomic mass is 10.1. The number of carbonyl (C=O) groups is 2. The number of rotatable bonds is 4. The predicted octanol–water partition coefficient (Wildman–Crippen LogP) is 3.26. The Bertz CT molecular complexity index is 1080. The lowest BCUT2D eigenvalue weighted by Gasteiger charge is -2.14. The molecule has 0 atom stereocenters. The molecule has 1 aliphatic rings. The number of hydrogen-bond donors (Lipinski definition) is 2. The molecule has 140 valence electrons. The first-order valence-electron chi connectivity index (χ1n) is 8.66. The topological polar surface area (TPSA) is 95.7 Å². The average Bonchev–Trinajstić information content (AvgIpc) is 3.20. The van der Waals surface area contributed by atoms with Crippen molar-refractivity contribution in [2.75, 3.05) is 10.2 Å². The Morgan fingerprint density at radius 1 is 1.21 bits per heavy atom. The highest BCUT2D eigenvalue weighted by Gasteiger charge is 2.33. The zero-order valence-electron chi connectivity index (χ0n) is 15.0. The zero-order chi connectivity index (χ0) is 19.7. The van der Waals surface area contributed by atoms with E-state index in [1.807, 2.05) is 25.1 Å². The quantitative estimate of drug-likeness (QED) is 0.539. The number of benzene rings is 2. The van der Waals surface area contributed by atoms with Crippen molar-refractivity contribution in [1.29, 1.82) is 0 Å². The van der Waals surface area contributed by atoms with Crippen molar-refractivity contribution in [3.05, 3.63) is 77.7 Å². The van der Waals surface area contributed by atoms with Crippen molar-refractivity contribution in [3.63, 3.8) is 0 Å². The number of aryl methyl sites for hydroxylation is 1. The van der Waals surface area contributed by atoms with Crippen LogP contribution in [0, 0.1) is 6.92 Å². The van der Waals surface area contributed by atoms with Crippen LogP contribution in [0.4, 0.5) is 11.4 Å². The molecular formula is C21H17N3O4. The number of fused-ring (bicyclic) bond motifs is 1. The van der Waals surface area contributed by atoms with Crippen LogP contribution in [0.2, 0.25) is 0 Å². The van der Waals surface area contributed by atoms with Gasteiger partial charge in [0.1, 0.15) is 5.75 Å². The number of carbonyl (C=O) groups excluding carboxylic acids is 2. The van der Waals surface area contributed by atoms with E-state index >= 15 is 0 Å². The number of anilines is 2. The number of nitrogens with zero attached hydrogens (tertiary/aromatic N) is 2. The summed E-state index contributed by atoms with van der Waals surface area (Å²) in [7, 11) is 0. The largest absolute Gasteiger partial charge is 0.508 e. The normalized spacial score (nSPS) is 14.4. The van der Waals surface area contributed by atoms with Crippen molar-refractivity contribution in [3.8, 4) is 5.75 Å². The molecule has 4 rings (SSSR count). The second-order valence-corrected chi connectivity index (χ2v) is 6.44.